The molecule has 0 aliphatic carbocycles. The molecule has 53 heavy (non-hydrogen) atoms. The van der Waals surface area contributed by atoms with Crippen molar-refractivity contribution in [3.63, 3.8) is 0 Å². The van der Waals surface area contributed by atoms with Crippen molar-refractivity contribution in [1.82, 2.24) is 15.0 Å². The summed E-state index contributed by atoms with van der Waals surface area (Å²) in [6, 6.07) is 65.1. The number of aromatic nitrogens is 3. The van der Waals surface area contributed by atoms with Crippen LogP contribution in [0.5, 0.6) is 0 Å². The molecule has 0 radical (unpaired) electrons. The van der Waals surface area contributed by atoms with E-state index in [1.54, 1.807) is 0 Å². The number of benzene rings is 8. The van der Waals surface area contributed by atoms with Crippen molar-refractivity contribution in [2.75, 3.05) is 0 Å². The van der Waals surface area contributed by atoms with Crippen molar-refractivity contribution in [3.05, 3.63) is 188 Å². The Kier molecular flexibility index (Phi) is 7.43. The maximum absolute atomic E-state index is 6.48. The fourth-order valence-corrected chi connectivity index (χ4v) is 7.45. The zero-order valence-corrected chi connectivity index (χ0v) is 28.6. The quantitative estimate of drug-likeness (QED) is 0.176. The van der Waals surface area contributed by atoms with Gasteiger partial charge < -0.3 is 4.42 Å². The van der Waals surface area contributed by atoms with Gasteiger partial charge in [-0.1, -0.05) is 170 Å². The second-order valence-corrected chi connectivity index (χ2v) is 13.1. The highest BCUT2D eigenvalue weighted by Crippen LogP contribution is 2.45. The van der Waals surface area contributed by atoms with Gasteiger partial charge in [-0.3, -0.25) is 0 Å². The van der Waals surface area contributed by atoms with Gasteiger partial charge in [0, 0.05) is 27.5 Å². The van der Waals surface area contributed by atoms with Crippen molar-refractivity contribution in [2.45, 2.75) is 0 Å². The van der Waals surface area contributed by atoms with Crippen LogP contribution in [0.25, 0.3) is 100 Å². The lowest BCUT2D eigenvalue weighted by Gasteiger charge is -2.16. The maximum atomic E-state index is 6.48. The Labute approximate surface area is 306 Å². The van der Waals surface area contributed by atoms with Gasteiger partial charge in [-0.15, -0.1) is 0 Å². The van der Waals surface area contributed by atoms with Gasteiger partial charge in [0.05, 0.1) is 0 Å². The van der Waals surface area contributed by atoms with Crippen molar-refractivity contribution in [2.24, 2.45) is 0 Å². The highest BCUT2D eigenvalue weighted by molar-refractivity contribution is 6.17. The van der Waals surface area contributed by atoms with Gasteiger partial charge in [0.25, 0.3) is 0 Å². The first-order valence-electron chi connectivity index (χ1n) is 17.8. The predicted molar refractivity (Wildman–Crippen MR) is 217 cm³/mol. The lowest BCUT2D eigenvalue weighted by atomic mass is 9.88. The van der Waals surface area contributed by atoms with Gasteiger partial charge >= 0.3 is 0 Å². The molecule has 8 aromatic carbocycles. The zero-order chi connectivity index (χ0) is 35.1. The van der Waals surface area contributed by atoms with Crippen LogP contribution in [0.3, 0.4) is 0 Å². The third kappa shape index (κ3) is 5.45. The molecule has 0 aliphatic rings. The molecule has 0 unspecified atom stereocenters. The summed E-state index contributed by atoms with van der Waals surface area (Å²) in [5, 5.41) is 4.32. The summed E-state index contributed by atoms with van der Waals surface area (Å²) < 4.78 is 6.48. The summed E-state index contributed by atoms with van der Waals surface area (Å²) in [6.07, 6.45) is 0. The van der Waals surface area contributed by atoms with Crippen LogP contribution >= 0.6 is 0 Å². The normalized spacial score (nSPS) is 11.4. The summed E-state index contributed by atoms with van der Waals surface area (Å²) >= 11 is 0. The predicted octanol–water partition coefficient (Wildman–Crippen LogP) is 12.9. The zero-order valence-electron chi connectivity index (χ0n) is 28.6. The second kappa shape index (κ2) is 12.9. The van der Waals surface area contributed by atoms with Crippen LogP contribution in [0.1, 0.15) is 0 Å². The molecule has 10 rings (SSSR count). The van der Waals surface area contributed by atoms with Gasteiger partial charge in [-0.25, -0.2) is 15.0 Å². The maximum Gasteiger partial charge on any atom is 0.165 e. The summed E-state index contributed by atoms with van der Waals surface area (Å²) in [5.74, 6) is 1.80. The van der Waals surface area contributed by atoms with Crippen LogP contribution in [0.15, 0.2) is 192 Å². The van der Waals surface area contributed by atoms with E-state index < -0.39 is 0 Å². The Balaban J connectivity index is 1.25. The van der Waals surface area contributed by atoms with Crippen molar-refractivity contribution in [3.8, 4) is 67.5 Å². The molecule has 0 saturated heterocycles. The van der Waals surface area contributed by atoms with Crippen molar-refractivity contribution >= 4 is 32.7 Å². The molecule has 248 valence electrons. The molecule has 0 aliphatic heterocycles. The molecular weight excluding hydrogens is 647 g/mol. The van der Waals surface area contributed by atoms with E-state index in [-0.39, 0.29) is 0 Å². The smallest absolute Gasteiger partial charge is 0.165 e. The molecule has 0 atom stereocenters. The Morgan fingerprint density at radius 3 is 1.42 bits per heavy atom. The molecular formula is C49H31N3O. The van der Waals surface area contributed by atoms with Gasteiger partial charge in [0.2, 0.25) is 0 Å². The van der Waals surface area contributed by atoms with E-state index in [1.165, 1.54) is 16.5 Å². The van der Waals surface area contributed by atoms with Gasteiger partial charge in [-0.05, 0) is 62.4 Å². The molecule has 10 aromatic rings. The molecule has 4 nitrogen and oxygen atoms in total. The molecule has 2 aromatic heterocycles. The van der Waals surface area contributed by atoms with Crippen molar-refractivity contribution in [1.29, 1.82) is 0 Å². The molecule has 0 spiro atoms. The standard InChI is InChI=1S/C49H31N3O/c1-4-14-32(15-5-1)33-24-26-36(27-25-33)48-50-47(35-18-8-3-9-19-35)51-49(52-48)46-41(30-31-44-45(46)42-22-12-13-23-43(42)53-44)40-29-28-37(34-16-6-2-7-17-34)38-20-10-11-21-39(38)40/h1-31H. The summed E-state index contributed by atoms with van der Waals surface area (Å²) in [7, 11) is 0. The first-order chi connectivity index (χ1) is 26.3. The van der Waals surface area contributed by atoms with E-state index in [9.17, 15) is 0 Å². The molecule has 0 bridgehead atoms. The minimum absolute atomic E-state index is 0.587. The summed E-state index contributed by atoms with van der Waals surface area (Å²) in [4.78, 5) is 15.7. The second-order valence-electron chi connectivity index (χ2n) is 13.1. The van der Waals surface area contributed by atoms with Crippen LogP contribution < -0.4 is 0 Å². The monoisotopic (exact) mass is 677 g/mol. The summed E-state index contributed by atoms with van der Waals surface area (Å²) in [6.45, 7) is 0. The number of hydrogen-bond donors (Lipinski definition) is 0. The third-order valence-corrected chi connectivity index (χ3v) is 9.98. The molecule has 0 fully saturated rings. The summed E-state index contributed by atoms with van der Waals surface area (Å²) in [5.41, 5.74) is 11.1. The SMILES string of the molecule is c1ccc(-c2ccc(-c3nc(-c4ccccc4)nc(-c4c(-c5ccc(-c6ccccc6)c6ccccc56)ccc5oc6ccccc6c45)n3)cc2)cc1. The molecule has 4 heteroatoms. The lowest BCUT2D eigenvalue weighted by molar-refractivity contribution is 0.669. The topological polar surface area (TPSA) is 51.8 Å². The van der Waals surface area contributed by atoms with E-state index >= 15 is 0 Å². The Morgan fingerprint density at radius 1 is 0.283 bits per heavy atom. The number of furan rings is 1. The minimum Gasteiger partial charge on any atom is -0.456 e. The number of rotatable bonds is 6. The Morgan fingerprint density at radius 2 is 0.736 bits per heavy atom. The third-order valence-electron chi connectivity index (χ3n) is 9.98. The largest absolute Gasteiger partial charge is 0.456 e. The van der Waals surface area contributed by atoms with Crippen LogP contribution in [-0.4, -0.2) is 15.0 Å². The van der Waals surface area contributed by atoms with E-state index in [0.717, 1.165) is 66.3 Å². The van der Waals surface area contributed by atoms with Crippen molar-refractivity contribution < 1.29 is 4.42 Å². The molecule has 0 amide bonds. The van der Waals surface area contributed by atoms with Crippen LogP contribution in [0.4, 0.5) is 0 Å². The average Bonchev–Trinajstić information content (AvgIpc) is 3.63. The first-order valence-corrected chi connectivity index (χ1v) is 17.8. The van der Waals surface area contributed by atoms with E-state index in [2.05, 4.69) is 140 Å². The van der Waals surface area contributed by atoms with Gasteiger partial charge in [-0.2, -0.15) is 0 Å². The fourth-order valence-electron chi connectivity index (χ4n) is 7.45. The number of nitrogens with zero attached hydrogens (tertiary/aromatic N) is 3. The minimum atomic E-state index is 0.587. The number of para-hydroxylation sites is 1. The van der Waals surface area contributed by atoms with Crippen LogP contribution in [0.2, 0.25) is 0 Å². The Bertz CT molecular complexity index is 2920. The number of fused-ring (bicyclic) bond motifs is 4. The van der Waals surface area contributed by atoms with Gasteiger partial charge in [0.1, 0.15) is 11.2 Å². The fraction of sp³-hybridized carbons (Fsp3) is 0. The highest BCUT2D eigenvalue weighted by atomic mass is 16.3. The lowest BCUT2D eigenvalue weighted by Crippen LogP contribution is -2.01. The Hall–Kier alpha value is -7.17. The van der Waals surface area contributed by atoms with E-state index in [1.807, 2.05) is 48.5 Å². The molecule has 0 saturated carbocycles. The van der Waals surface area contributed by atoms with Crippen LogP contribution in [-0.2, 0) is 0 Å². The molecule has 0 N–H and O–H groups in total. The van der Waals surface area contributed by atoms with Gasteiger partial charge in [0.15, 0.2) is 17.5 Å². The molecule has 2 heterocycles. The number of hydrogen-bond acceptors (Lipinski definition) is 4. The van der Waals surface area contributed by atoms with Crippen LogP contribution in [0, 0.1) is 0 Å². The average molecular weight is 678 g/mol. The van der Waals surface area contributed by atoms with E-state index in [0.29, 0.717) is 17.5 Å². The first kappa shape index (κ1) is 30.6. The van der Waals surface area contributed by atoms with E-state index in [4.69, 9.17) is 19.4 Å². The highest BCUT2D eigenvalue weighted by Gasteiger charge is 2.23.